The van der Waals surface area contributed by atoms with Crippen LogP contribution in [0.25, 0.3) is 0 Å². The molecule has 0 aliphatic rings. The third-order valence-electron chi connectivity index (χ3n) is 1.39. The van der Waals surface area contributed by atoms with Crippen molar-refractivity contribution in [1.29, 1.82) is 0 Å². The van der Waals surface area contributed by atoms with Gasteiger partial charge >= 0.3 is 0 Å². The van der Waals surface area contributed by atoms with Crippen molar-refractivity contribution in [3.63, 3.8) is 0 Å². The molecule has 0 aromatic heterocycles. The van der Waals surface area contributed by atoms with Crippen LogP contribution >= 0.6 is 0 Å². The Morgan fingerprint density at radius 2 is 1.67 bits per heavy atom. The van der Waals surface area contributed by atoms with Crippen molar-refractivity contribution in [1.82, 2.24) is 0 Å². The number of hydrogen-bond acceptors (Lipinski definition) is 6. The molecule has 12 heavy (non-hydrogen) atoms. The molecule has 6 nitrogen and oxygen atoms in total. The first-order valence-electron chi connectivity index (χ1n) is 3.33. The van der Waals surface area contributed by atoms with E-state index in [-0.39, 0.29) is 0 Å². The van der Waals surface area contributed by atoms with Gasteiger partial charge in [-0.15, -0.1) is 0 Å². The van der Waals surface area contributed by atoms with Crippen LogP contribution in [-0.2, 0) is 4.79 Å². The van der Waals surface area contributed by atoms with E-state index in [9.17, 15) is 4.79 Å². The number of ketones is 1. The minimum absolute atomic E-state index is 0.767. The molecule has 0 bridgehead atoms. The van der Waals surface area contributed by atoms with E-state index < -0.39 is 37.3 Å². The van der Waals surface area contributed by atoms with Crippen LogP contribution in [0.3, 0.4) is 0 Å². The minimum Gasteiger partial charge on any atom is -0.394 e. The van der Waals surface area contributed by atoms with E-state index in [1.807, 2.05) is 0 Å². The standard InChI is InChI=1S/C6H12O6/c7-1-3(9)5(11)6(12)4(10)2-8/h3,5-9,11-12H,1-2H2/t3-,5-,6-/m1/s1/i10+2. The largest absolute Gasteiger partial charge is 0.394 e. The third kappa shape index (κ3) is 2.84. The molecule has 3 atom stereocenters. The van der Waals surface area contributed by atoms with Gasteiger partial charge in [0.1, 0.15) is 24.9 Å². The molecule has 0 rings (SSSR count). The number of aliphatic hydroxyl groups excluding tert-OH is 5. The fourth-order valence-electron chi connectivity index (χ4n) is 0.602. The Hall–Kier alpha value is -0.530. The zero-order chi connectivity index (χ0) is 9.72. The molecular weight excluding hydrogens is 170 g/mol. The molecule has 0 amide bonds. The highest BCUT2D eigenvalue weighted by Crippen LogP contribution is 2.00. The molecule has 0 aliphatic heterocycles. The second-order valence-electron chi connectivity index (χ2n) is 2.31. The lowest BCUT2D eigenvalue weighted by molar-refractivity contribution is -0.142. The van der Waals surface area contributed by atoms with Gasteiger partial charge in [-0.2, -0.15) is 0 Å². The predicted molar refractivity (Wildman–Crippen MR) is 37.2 cm³/mol. The van der Waals surface area contributed by atoms with Gasteiger partial charge in [0.15, 0.2) is 5.78 Å². The molecule has 6 heteroatoms. The summed E-state index contributed by atoms with van der Waals surface area (Å²) in [6.45, 7) is -1.69. The SMILES string of the molecule is OCC(=[18O])[C@@H](O)[C@H](O)[C@H](O)CO. The fraction of sp³-hybridized carbons (Fsp3) is 0.833. The lowest BCUT2D eigenvalue weighted by Crippen LogP contribution is -2.44. The van der Waals surface area contributed by atoms with Crippen LogP contribution in [0.2, 0.25) is 0 Å². The van der Waals surface area contributed by atoms with E-state index in [4.69, 9.17) is 25.5 Å². The van der Waals surface area contributed by atoms with Crippen LogP contribution in [0.1, 0.15) is 0 Å². The molecule has 0 spiro atoms. The van der Waals surface area contributed by atoms with Crippen LogP contribution < -0.4 is 0 Å². The van der Waals surface area contributed by atoms with Crippen LogP contribution in [0, 0.1) is 0 Å². The Balaban J connectivity index is 4.08. The summed E-state index contributed by atoms with van der Waals surface area (Å²) in [6, 6.07) is 0. The molecule has 0 aliphatic carbocycles. The van der Waals surface area contributed by atoms with Crippen LogP contribution in [-0.4, -0.2) is 62.8 Å². The maximum absolute atomic E-state index is 10.5. The van der Waals surface area contributed by atoms with Crippen molar-refractivity contribution in [3.05, 3.63) is 0 Å². The van der Waals surface area contributed by atoms with Crippen molar-refractivity contribution >= 4 is 5.78 Å². The zero-order valence-electron chi connectivity index (χ0n) is 6.29. The van der Waals surface area contributed by atoms with Crippen LogP contribution in [0.4, 0.5) is 0 Å². The van der Waals surface area contributed by atoms with Gasteiger partial charge in [0, 0.05) is 0 Å². The molecule has 0 fully saturated rings. The van der Waals surface area contributed by atoms with E-state index >= 15 is 0 Å². The zero-order valence-corrected chi connectivity index (χ0v) is 6.29. The quantitative estimate of drug-likeness (QED) is 0.283. The molecule has 0 unspecified atom stereocenters. The van der Waals surface area contributed by atoms with E-state index in [0.717, 1.165) is 0 Å². The smallest absolute Gasteiger partial charge is 0.189 e. The first-order chi connectivity index (χ1) is 5.54. The molecular formula is C6H12O6. The maximum atomic E-state index is 10.5. The fourth-order valence-corrected chi connectivity index (χ4v) is 0.602. The van der Waals surface area contributed by atoms with Crippen molar-refractivity contribution in [3.8, 4) is 0 Å². The number of rotatable bonds is 5. The summed E-state index contributed by atoms with van der Waals surface area (Å²) in [5.41, 5.74) is 0. The Labute approximate surface area is 68.7 Å². The minimum atomic E-state index is -1.86. The summed E-state index contributed by atoms with van der Waals surface area (Å²) in [5, 5.41) is 43.1. The molecule has 0 aromatic rings. The number of aliphatic hydroxyl groups is 5. The molecule has 0 heterocycles. The number of carbonyl (C=O) groups is 1. The highest BCUT2D eigenvalue weighted by atomic mass is 18.1. The second kappa shape index (κ2) is 5.18. The summed E-state index contributed by atoms with van der Waals surface area (Å²) in [4.78, 5) is 10.5. The average molecular weight is 182 g/mol. The topological polar surface area (TPSA) is 118 Å². The van der Waals surface area contributed by atoms with Gasteiger partial charge in [-0.25, -0.2) is 0 Å². The molecule has 0 saturated carbocycles. The first kappa shape index (κ1) is 11.5. The Bertz CT molecular complexity index is 147. The maximum Gasteiger partial charge on any atom is 0.189 e. The van der Waals surface area contributed by atoms with Crippen LogP contribution in [0.15, 0.2) is 0 Å². The summed E-state index contributed by atoms with van der Waals surface area (Å²) in [7, 11) is 0. The summed E-state index contributed by atoms with van der Waals surface area (Å²) in [6.07, 6.45) is -5.22. The molecule has 0 radical (unpaired) electrons. The van der Waals surface area contributed by atoms with Crippen molar-refractivity contribution < 1.29 is 30.3 Å². The lowest BCUT2D eigenvalue weighted by atomic mass is 10.1. The summed E-state index contributed by atoms with van der Waals surface area (Å²) in [5.74, 6) is -1.00. The van der Waals surface area contributed by atoms with Gasteiger partial charge in [-0.05, 0) is 0 Å². The van der Waals surface area contributed by atoms with Crippen molar-refractivity contribution in [2.75, 3.05) is 13.2 Å². The second-order valence-corrected chi connectivity index (χ2v) is 2.31. The van der Waals surface area contributed by atoms with E-state index in [0.29, 0.717) is 0 Å². The van der Waals surface area contributed by atoms with E-state index in [1.54, 1.807) is 0 Å². The molecule has 0 aromatic carbocycles. The Morgan fingerprint density at radius 1 is 1.17 bits per heavy atom. The Morgan fingerprint density at radius 3 is 2.00 bits per heavy atom. The van der Waals surface area contributed by atoms with E-state index in [2.05, 4.69) is 0 Å². The monoisotopic (exact) mass is 182 g/mol. The molecule has 72 valence electrons. The number of carbonyl (C=O) groups excluding carboxylic acids is 1. The van der Waals surface area contributed by atoms with Gasteiger partial charge in [-0.1, -0.05) is 0 Å². The van der Waals surface area contributed by atoms with Gasteiger partial charge in [0.25, 0.3) is 0 Å². The van der Waals surface area contributed by atoms with Gasteiger partial charge < -0.3 is 25.5 Å². The lowest BCUT2D eigenvalue weighted by Gasteiger charge is -2.19. The predicted octanol–water partition coefficient (Wildman–Crippen LogP) is -3.38. The normalized spacial score (nSPS) is 18.4. The number of hydrogen-bond donors (Lipinski definition) is 5. The first-order valence-corrected chi connectivity index (χ1v) is 3.33. The van der Waals surface area contributed by atoms with Crippen molar-refractivity contribution in [2.45, 2.75) is 18.3 Å². The Kier molecular flexibility index (Phi) is 4.95. The third-order valence-corrected chi connectivity index (χ3v) is 1.39. The number of Topliss-reactive ketones (excluding diaryl/α,β-unsaturated/α-hetero) is 1. The van der Waals surface area contributed by atoms with Gasteiger partial charge in [0.05, 0.1) is 6.61 Å². The van der Waals surface area contributed by atoms with Gasteiger partial charge in [0.2, 0.25) is 0 Å². The van der Waals surface area contributed by atoms with E-state index in [1.165, 1.54) is 0 Å². The summed E-state index contributed by atoms with van der Waals surface area (Å²) >= 11 is 0. The highest BCUT2D eigenvalue weighted by Gasteiger charge is 2.28. The highest BCUT2D eigenvalue weighted by molar-refractivity contribution is 5.84. The molecule has 5 N–H and O–H groups in total. The molecule has 0 saturated heterocycles. The van der Waals surface area contributed by atoms with Gasteiger partial charge in [-0.3, -0.25) is 4.79 Å². The average Bonchev–Trinajstić information content (AvgIpc) is 2.12. The van der Waals surface area contributed by atoms with Crippen LogP contribution in [0.5, 0.6) is 0 Å². The van der Waals surface area contributed by atoms with Crippen molar-refractivity contribution in [2.24, 2.45) is 0 Å². The summed E-state index contributed by atoms with van der Waals surface area (Å²) < 4.78 is 0.